The second-order valence-electron chi connectivity index (χ2n) is 10.1. The van der Waals surface area contributed by atoms with E-state index in [9.17, 15) is 19.2 Å². The first-order valence-corrected chi connectivity index (χ1v) is 13.2. The molecule has 0 aromatic heterocycles. The molecular formula is C28H42N6O5. The van der Waals surface area contributed by atoms with Crippen LogP contribution in [0.25, 0.3) is 0 Å². The van der Waals surface area contributed by atoms with E-state index in [-0.39, 0.29) is 37.3 Å². The second kappa shape index (κ2) is 14.9. The van der Waals surface area contributed by atoms with Gasteiger partial charge in [0.05, 0.1) is 7.11 Å². The molecule has 1 aromatic carbocycles. The fourth-order valence-electron chi connectivity index (χ4n) is 4.73. The lowest BCUT2D eigenvalue weighted by Gasteiger charge is -2.31. The standard InChI is InChI=1S/C28H42N6O5/c1-6-19-16-34(23(18(19)4)25(36)33-22(15-17(2)3)27(38)39-5)26(37)21(13-10-14-31-28(29)30)32-24(35)20-11-8-7-9-12-20/h6-9,11-12,17-18,21-23H,10,13-16H2,1-5H3,(H,32,35)(H,33,36)(H4,29,30,31)/b19-6-/t18-,21+,22+,23+/m1/s1. The zero-order valence-electron chi connectivity index (χ0n) is 23.5. The topological polar surface area (TPSA) is 169 Å². The maximum atomic E-state index is 13.9. The third-order valence-electron chi connectivity index (χ3n) is 6.76. The molecule has 6 N–H and O–H groups in total. The molecule has 0 bridgehead atoms. The van der Waals surface area contributed by atoms with E-state index in [4.69, 9.17) is 16.2 Å². The Balaban J connectivity index is 2.34. The Morgan fingerprint density at radius 1 is 1.13 bits per heavy atom. The number of amides is 3. The SMILES string of the molecule is C/C=C1/CN(C(=O)[C@H](CCCN=C(N)N)NC(=O)c2ccccc2)[C@H](C(=O)N[C@@H](CC(C)C)C(=O)OC)[C@@H]1C. The van der Waals surface area contributed by atoms with Crippen molar-refractivity contribution in [2.24, 2.45) is 28.3 Å². The molecule has 0 radical (unpaired) electrons. The van der Waals surface area contributed by atoms with Gasteiger partial charge >= 0.3 is 5.97 Å². The number of allylic oxidation sites excluding steroid dienone is 1. The molecule has 4 atom stereocenters. The summed E-state index contributed by atoms with van der Waals surface area (Å²) in [5.74, 6) is -2.01. The summed E-state index contributed by atoms with van der Waals surface area (Å²) in [6.07, 6.45) is 2.97. The van der Waals surface area contributed by atoms with Gasteiger partial charge in [-0.3, -0.25) is 19.4 Å². The van der Waals surface area contributed by atoms with Crippen LogP contribution in [0.2, 0.25) is 0 Å². The molecule has 11 nitrogen and oxygen atoms in total. The predicted molar refractivity (Wildman–Crippen MR) is 149 cm³/mol. The molecule has 1 fully saturated rings. The molecule has 2 rings (SSSR count). The molecule has 11 heteroatoms. The van der Waals surface area contributed by atoms with Crippen LogP contribution in [-0.2, 0) is 19.1 Å². The summed E-state index contributed by atoms with van der Waals surface area (Å²) < 4.78 is 4.89. The number of guanidine groups is 1. The van der Waals surface area contributed by atoms with Gasteiger partial charge in [-0.05, 0) is 49.8 Å². The van der Waals surface area contributed by atoms with Gasteiger partial charge in [0.15, 0.2) is 5.96 Å². The number of aliphatic imine (C=N–C) groups is 1. The molecule has 1 aliphatic heterocycles. The highest BCUT2D eigenvalue weighted by atomic mass is 16.5. The van der Waals surface area contributed by atoms with Gasteiger partial charge in [-0.2, -0.15) is 0 Å². The molecule has 3 amide bonds. The summed E-state index contributed by atoms with van der Waals surface area (Å²) in [6, 6.07) is 5.96. The number of likely N-dealkylation sites (tertiary alicyclic amines) is 1. The summed E-state index contributed by atoms with van der Waals surface area (Å²) >= 11 is 0. The van der Waals surface area contributed by atoms with Gasteiger partial charge in [-0.1, -0.05) is 45.0 Å². The number of rotatable bonds is 12. The molecule has 39 heavy (non-hydrogen) atoms. The molecule has 1 heterocycles. The van der Waals surface area contributed by atoms with Crippen LogP contribution in [-0.4, -0.2) is 72.9 Å². The summed E-state index contributed by atoms with van der Waals surface area (Å²) in [5.41, 5.74) is 12.2. The van der Waals surface area contributed by atoms with E-state index in [0.717, 1.165) is 5.57 Å². The van der Waals surface area contributed by atoms with Crippen molar-refractivity contribution in [3.05, 3.63) is 47.5 Å². The van der Waals surface area contributed by atoms with E-state index < -0.39 is 41.8 Å². The van der Waals surface area contributed by atoms with Gasteiger partial charge in [0.2, 0.25) is 11.8 Å². The van der Waals surface area contributed by atoms with Gasteiger partial charge in [0, 0.05) is 24.6 Å². The first-order valence-electron chi connectivity index (χ1n) is 13.2. The number of nitrogens with zero attached hydrogens (tertiary/aromatic N) is 2. The average Bonchev–Trinajstić information content (AvgIpc) is 3.25. The molecule has 1 saturated heterocycles. The zero-order chi connectivity index (χ0) is 29.1. The highest BCUT2D eigenvalue weighted by molar-refractivity contribution is 5.99. The Hall–Kier alpha value is -3.89. The number of carbonyl (C=O) groups excluding carboxylic acids is 4. The number of ether oxygens (including phenoxy) is 1. The summed E-state index contributed by atoms with van der Waals surface area (Å²) in [6.45, 7) is 8.12. The summed E-state index contributed by atoms with van der Waals surface area (Å²) in [7, 11) is 1.27. The van der Waals surface area contributed by atoms with Crippen LogP contribution in [0.15, 0.2) is 47.0 Å². The summed E-state index contributed by atoms with van der Waals surface area (Å²) in [4.78, 5) is 58.3. The number of hydrogen-bond donors (Lipinski definition) is 4. The molecular weight excluding hydrogens is 500 g/mol. The highest BCUT2D eigenvalue weighted by Crippen LogP contribution is 2.30. The Bertz CT molecular complexity index is 1070. The number of hydrogen-bond acceptors (Lipinski definition) is 6. The first-order chi connectivity index (χ1) is 18.5. The number of benzene rings is 1. The van der Waals surface area contributed by atoms with Crippen LogP contribution in [0.3, 0.4) is 0 Å². The van der Waals surface area contributed by atoms with Gasteiger partial charge in [0.25, 0.3) is 5.91 Å². The van der Waals surface area contributed by atoms with Crippen LogP contribution in [0, 0.1) is 11.8 Å². The molecule has 0 aliphatic carbocycles. The fraction of sp³-hybridized carbons (Fsp3) is 0.536. The van der Waals surface area contributed by atoms with Gasteiger partial charge < -0.3 is 31.7 Å². The quantitative estimate of drug-likeness (QED) is 0.102. The van der Waals surface area contributed by atoms with Crippen molar-refractivity contribution < 1.29 is 23.9 Å². The van der Waals surface area contributed by atoms with E-state index >= 15 is 0 Å². The molecule has 0 unspecified atom stereocenters. The van der Waals surface area contributed by atoms with E-state index in [1.807, 2.05) is 33.8 Å². The number of methoxy groups -OCH3 is 1. The number of esters is 1. The number of nitrogens with one attached hydrogen (secondary N) is 2. The van der Waals surface area contributed by atoms with Crippen molar-refractivity contribution in [3.63, 3.8) is 0 Å². The Morgan fingerprint density at radius 3 is 2.36 bits per heavy atom. The molecule has 0 saturated carbocycles. The van der Waals surface area contributed by atoms with Crippen molar-refractivity contribution in [1.82, 2.24) is 15.5 Å². The largest absolute Gasteiger partial charge is 0.467 e. The van der Waals surface area contributed by atoms with Gasteiger partial charge in [-0.15, -0.1) is 0 Å². The average molecular weight is 543 g/mol. The van der Waals surface area contributed by atoms with Crippen LogP contribution >= 0.6 is 0 Å². The lowest BCUT2D eigenvalue weighted by Crippen LogP contribution is -2.56. The second-order valence-corrected chi connectivity index (χ2v) is 10.1. The smallest absolute Gasteiger partial charge is 0.328 e. The molecule has 1 aliphatic rings. The minimum absolute atomic E-state index is 0.0596. The van der Waals surface area contributed by atoms with Crippen LogP contribution < -0.4 is 22.1 Å². The lowest BCUT2D eigenvalue weighted by atomic mass is 9.96. The summed E-state index contributed by atoms with van der Waals surface area (Å²) in [5, 5.41) is 5.64. The zero-order valence-corrected chi connectivity index (χ0v) is 23.5. The number of carbonyl (C=O) groups is 4. The molecule has 1 aromatic rings. The van der Waals surface area contributed by atoms with Crippen molar-refractivity contribution >= 4 is 29.7 Å². The normalized spacial score (nSPS) is 19.3. The number of nitrogens with two attached hydrogens (primary N) is 2. The van der Waals surface area contributed by atoms with E-state index in [1.165, 1.54) is 12.0 Å². The third-order valence-corrected chi connectivity index (χ3v) is 6.76. The van der Waals surface area contributed by atoms with Crippen LogP contribution in [0.1, 0.15) is 57.3 Å². The van der Waals surface area contributed by atoms with Crippen LogP contribution in [0.4, 0.5) is 0 Å². The van der Waals surface area contributed by atoms with E-state index in [0.29, 0.717) is 18.4 Å². The van der Waals surface area contributed by atoms with Crippen molar-refractivity contribution in [2.75, 3.05) is 20.2 Å². The lowest BCUT2D eigenvalue weighted by molar-refractivity contribution is -0.147. The maximum absolute atomic E-state index is 13.9. The monoisotopic (exact) mass is 542 g/mol. The predicted octanol–water partition coefficient (Wildman–Crippen LogP) is 1.34. The third kappa shape index (κ3) is 8.83. The van der Waals surface area contributed by atoms with Crippen molar-refractivity contribution in [3.8, 4) is 0 Å². The Labute approximate surface area is 230 Å². The van der Waals surface area contributed by atoms with Crippen LogP contribution in [0.5, 0.6) is 0 Å². The van der Waals surface area contributed by atoms with Gasteiger partial charge in [-0.25, -0.2) is 4.79 Å². The minimum Gasteiger partial charge on any atom is -0.467 e. The molecule has 0 spiro atoms. The Morgan fingerprint density at radius 2 is 1.79 bits per heavy atom. The maximum Gasteiger partial charge on any atom is 0.328 e. The molecule has 214 valence electrons. The van der Waals surface area contributed by atoms with Crippen molar-refractivity contribution in [2.45, 2.75) is 65.1 Å². The van der Waals surface area contributed by atoms with Crippen molar-refractivity contribution in [1.29, 1.82) is 0 Å². The van der Waals surface area contributed by atoms with E-state index in [2.05, 4.69) is 15.6 Å². The Kier molecular flexibility index (Phi) is 12.0. The van der Waals surface area contributed by atoms with Gasteiger partial charge in [0.1, 0.15) is 18.1 Å². The van der Waals surface area contributed by atoms with E-state index in [1.54, 1.807) is 30.3 Å². The fourth-order valence-corrected chi connectivity index (χ4v) is 4.73. The first kappa shape index (κ1) is 31.3. The minimum atomic E-state index is -0.919. The highest BCUT2D eigenvalue weighted by Gasteiger charge is 2.45.